The fourth-order valence-corrected chi connectivity index (χ4v) is 3.82. The number of hydrogen-bond acceptors (Lipinski definition) is 10. The normalized spacial score (nSPS) is 15.8. The molecule has 3 aromatic rings. The first-order chi connectivity index (χ1) is 16.3. The molecule has 1 aliphatic heterocycles. The maximum absolute atomic E-state index is 13.1. The number of ether oxygens (including phenoxy) is 2. The molecule has 0 saturated heterocycles. The lowest BCUT2D eigenvalue weighted by molar-refractivity contribution is -0.384. The van der Waals surface area contributed by atoms with Gasteiger partial charge in [0.25, 0.3) is 5.69 Å². The molecule has 0 aliphatic carbocycles. The van der Waals surface area contributed by atoms with Gasteiger partial charge in [-0.25, -0.2) is 23.9 Å². The molecule has 34 heavy (non-hydrogen) atoms. The number of hydrogen-bond donors (Lipinski definition) is 1. The largest absolute Gasteiger partial charge is 0.466 e. The zero-order valence-electron chi connectivity index (χ0n) is 17.3. The fourth-order valence-electron chi connectivity index (χ4n) is 3.38. The molecule has 4 rings (SSSR count). The highest BCUT2D eigenvalue weighted by molar-refractivity contribution is 9.09. The van der Waals surface area contributed by atoms with Gasteiger partial charge in [0.05, 0.1) is 17.6 Å². The van der Waals surface area contributed by atoms with E-state index >= 15 is 0 Å². The summed E-state index contributed by atoms with van der Waals surface area (Å²) in [5.41, 5.74) is 1.05. The van der Waals surface area contributed by atoms with Crippen molar-refractivity contribution in [3.63, 3.8) is 0 Å². The SMILES string of the molecule is COC(=O)C1=C(CBr)NC(=O)N(C(=O)Oc2ccc([N+](=O)[O-])cc2)C1c1ccc2nonc2c1. The van der Waals surface area contributed by atoms with Crippen LogP contribution < -0.4 is 10.1 Å². The van der Waals surface area contributed by atoms with Crippen LogP contribution in [0.4, 0.5) is 15.3 Å². The van der Waals surface area contributed by atoms with Gasteiger partial charge in [0, 0.05) is 23.2 Å². The van der Waals surface area contributed by atoms with E-state index in [2.05, 4.69) is 31.6 Å². The van der Waals surface area contributed by atoms with Crippen molar-refractivity contribution in [1.29, 1.82) is 0 Å². The van der Waals surface area contributed by atoms with Crippen LogP contribution in [0.1, 0.15) is 11.6 Å². The van der Waals surface area contributed by atoms with E-state index in [1.807, 2.05) is 0 Å². The number of nitro groups is 1. The van der Waals surface area contributed by atoms with Gasteiger partial charge in [-0.3, -0.25) is 10.1 Å². The zero-order chi connectivity index (χ0) is 24.4. The quantitative estimate of drug-likeness (QED) is 0.223. The summed E-state index contributed by atoms with van der Waals surface area (Å²) in [4.78, 5) is 49.8. The van der Waals surface area contributed by atoms with E-state index in [1.54, 1.807) is 12.1 Å². The molecule has 0 spiro atoms. The molecule has 0 bridgehead atoms. The maximum Gasteiger partial charge on any atom is 0.424 e. The molecule has 0 radical (unpaired) electrons. The number of amides is 3. The van der Waals surface area contributed by atoms with Crippen LogP contribution in [0.2, 0.25) is 0 Å². The summed E-state index contributed by atoms with van der Waals surface area (Å²) >= 11 is 3.23. The van der Waals surface area contributed by atoms with E-state index in [4.69, 9.17) is 14.1 Å². The number of methoxy groups -OCH3 is 1. The first kappa shape index (κ1) is 22.8. The van der Waals surface area contributed by atoms with Crippen LogP contribution in [0.5, 0.6) is 5.75 Å². The summed E-state index contributed by atoms with van der Waals surface area (Å²) in [6, 6.07) is 7.21. The molecular formula is C20H14BrN5O8. The number of esters is 1. The van der Waals surface area contributed by atoms with E-state index in [-0.39, 0.29) is 28.0 Å². The summed E-state index contributed by atoms with van der Waals surface area (Å²) in [6.07, 6.45) is -1.13. The Kier molecular flexibility index (Phi) is 6.23. The second-order valence-electron chi connectivity index (χ2n) is 6.85. The number of benzene rings is 2. The number of nitrogens with zero attached hydrogens (tertiary/aromatic N) is 4. The molecule has 1 unspecified atom stereocenters. The number of non-ortho nitro benzene ring substituents is 1. The summed E-state index contributed by atoms with van der Waals surface area (Å²) in [5.74, 6) is -0.834. The minimum atomic E-state index is -1.25. The number of urea groups is 1. The molecular weight excluding hydrogens is 518 g/mol. The summed E-state index contributed by atoms with van der Waals surface area (Å²) in [7, 11) is 1.17. The number of rotatable bonds is 5. The Morgan fingerprint density at radius 2 is 1.91 bits per heavy atom. The minimum absolute atomic E-state index is 0.0181. The van der Waals surface area contributed by atoms with Crippen LogP contribution >= 0.6 is 15.9 Å². The lowest BCUT2D eigenvalue weighted by Gasteiger charge is -2.35. The van der Waals surface area contributed by atoms with Crippen molar-refractivity contribution in [3.05, 3.63) is 69.4 Å². The number of carbonyl (C=O) groups is 3. The average molecular weight is 532 g/mol. The summed E-state index contributed by atoms with van der Waals surface area (Å²) in [6.45, 7) is 0. The molecule has 13 nitrogen and oxygen atoms in total. The Bertz CT molecular complexity index is 1340. The van der Waals surface area contributed by atoms with E-state index in [0.29, 0.717) is 21.5 Å². The average Bonchev–Trinajstić information content (AvgIpc) is 3.31. The van der Waals surface area contributed by atoms with Crippen LogP contribution in [0, 0.1) is 10.1 Å². The molecule has 1 aromatic heterocycles. The topological polar surface area (TPSA) is 167 Å². The lowest BCUT2D eigenvalue weighted by atomic mass is 9.93. The number of aromatic nitrogens is 2. The molecule has 2 aromatic carbocycles. The monoisotopic (exact) mass is 531 g/mol. The first-order valence-corrected chi connectivity index (χ1v) is 10.6. The summed E-state index contributed by atoms with van der Waals surface area (Å²) < 4.78 is 14.9. The lowest BCUT2D eigenvalue weighted by Crippen LogP contribution is -2.52. The third-order valence-corrected chi connectivity index (χ3v) is 5.48. The molecule has 0 saturated carbocycles. The zero-order valence-corrected chi connectivity index (χ0v) is 18.8. The van der Waals surface area contributed by atoms with Gasteiger partial charge in [-0.05, 0) is 40.1 Å². The van der Waals surface area contributed by atoms with Crippen LogP contribution in [0.3, 0.4) is 0 Å². The van der Waals surface area contributed by atoms with Crippen molar-refractivity contribution < 1.29 is 33.4 Å². The van der Waals surface area contributed by atoms with E-state index < -0.39 is 29.1 Å². The van der Waals surface area contributed by atoms with Gasteiger partial charge in [-0.15, -0.1) is 0 Å². The van der Waals surface area contributed by atoms with Gasteiger partial charge in [-0.1, -0.05) is 22.0 Å². The molecule has 0 fully saturated rings. The Balaban J connectivity index is 1.78. The van der Waals surface area contributed by atoms with Crippen molar-refractivity contribution in [2.45, 2.75) is 6.04 Å². The molecule has 2 heterocycles. The predicted molar refractivity (Wildman–Crippen MR) is 117 cm³/mol. The van der Waals surface area contributed by atoms with Crippen molar-refractivity contribution in [1.82, 2.24) is 20.5 Å². The molecule has 1 N–H and O–H groups in total. The van der Waals surface area contributed by atoms with Crippen LogP contribution in [0.25, 0.3) is 11.0 Å². The molecule has 14 heteroatoms. The molecule has 1 atom stereocenters. The highest BCUT2D eigenvalue weighted by atomic mass is 79.9. The van der Waals surface area contributed by atoms with Crippen molar-refractivity contribution in [3.8, 4) is 5.75 Å². The maximum atomic E-state index is 13.1. The Morgan fingerprint density at radius 1 is 1.21 bits per heavy atom. The number of halogens is 1. The number of imide groups is 1. The van der Waals surface area contributed by atoms with Crippen LogP contribution in [0.15, 0.2) is 58.4 Å². The van der Waals surface area contributed by atoms with Crippen molar-refractivity contribution >= 4 is 50.7 Å². The van der Waals surface area contributed by atoms with Crippen LogP contribution in [-0.4, -0.2) is 50.7 Å². The highest BCUT2D eigenvalue weighted by Gasteiger charge is 2.43. The number of nitrogens with one attached hydrogen (secondary N) is 1. The number of alkyl halides is 1. The van der Waals surface area contributed by atoms with E-state index in [1.165, 1.54) is 25.3 Å². The van der Waals surface area contributed by atoms with Gasteiger partial charge in [0.2, 0.25) is 0 Å². The standard InChI is InChI=1S/C20H14BrN5O8/c1-32-18(27)16-15(9-21)22-19(28)25(17(16)10-2-7-13-14(8-10)24-34-23-13)20(29)33-12-5-3-11(4-6-12)26(30)31/h2-8,17H,9H2,1H3,(H,22,28). The molecule has 3 amide bonds. The highest BCUT2D eigenvalue weighted by Crippen LogP contribution is 2.36. The Morgan fingerprint density at radius 3 is 2.56 bits per heavy atom. The van der Waals surface area contributed by atoms with Gasteiger partial charge in [0.1, 0.15) is 22.8 Å². The van der Waals surface area contributed by atoms with Crippen molar-refractivity contribution in [2.24, 2.45) is 0 Å². The van der Waals surface area contributed by atoms with Gasteiger partial charge < -0.3 is 14.8 Å². The third kappa shape index (κ3) is 4.17. The number of nitro benzene ring substituents is 1. The summed E-state index contributed by atoms with van der Waals surface area (Å²) in [5, 5.41) is 20.9. The Labute approximate surface area is 198 Å². The van der Waals surface area contributed by atoms with E-state index in [0.717, 1.165) is 12.1 Å². The van der Waals surface area contributed by atoms with Crippen LogP contribution in [-0.2, 0) is 9.53 Å². The number of carbonyl (C=O) groups excluding carboxylic acids is 3. The Hall–Kier alpha value is -4.33. The predicted octanol–water partition coefficient (Wildman–Crippen LogP) is 3.22. The number of fused-ring (bicyclic) bond motifs is 1. The smallest absolute Gasteiger partial charge is 0.424 e. The van der Waals surface area contributed by atoms with Gasteiger partial charge in [0.15, 0.2) is 0 Å². The molecule has 1 aliphatic rings. The first-order valence-electron chi connectivity index (χ1n) is 9.50. The van der Waals surface area contributed by atoms with E-state index in [9.17, 15) is 24.5 Å². The fraction of sp³-hybridized carbons (Fsp3) is 0.150. The second-order valence-corrected chi connectivity index (χ2v) is 7.41. The van der Waals surface area contributed by atoms with Gasteiger partial charge in [-0.2, -0.15) is 0 Å². The van der Waals surface area contributed by atoms with Gasteiger partial charge >= 0.3 is 18.1 Å². The molecule has 174 valence electrons. The number of allylic oxidation sites excluding steroid dienone is 1. The second kappa shape index (κ2) is 9.27. The van der Waals surface area contributed by atoms with Crippen molar-refractivity contribution in [2.75, 3.05) is 12.4 Å². The third-order valence-electron chi connectivity index (χ3n) is 4.92. The minimum Gasteiger partial charge on any atom is -0.466 e.